The van der Waals surface area contributed by atoms with Crippen LogP contribution < -0.4 is 0 Å². The maximum atomic E-state index is 13.1. The van der Waals surface area contributed by atoms with Gasteiger partial charge in [0, 0.05) is 25.7 Å². The fourth-order valence-corrected chi connectivity index (χ4v) is 13.2. The maximum Gasteiger partial charge on any atom is 0.472 e. The van der Waals surface area contributed by atoms with Crippen LogP contribution >= 0.6 is 15.6 Å². The number of hydrogen-bond acceptors (Lipinski definition) is 15. The minimum absolute atomic E-state index is 0.104. The van der Waals surface area contributed by atoms with E-state index in [-0.39, 0.29) is 25.7 Å². The molecule has 0 aromatic carbocycles. The van der Waals surface area contributed by atoms with Crippen molar-refractivity contribution >= 4 is 39.5 Å². The minimum Gasteiger partial charge on any atom is -0.462 e. The van der Waals surface area contributed by atoms with Crippen LogP contribution in [0, 0.1) is 17.8 Å². The first-order valence-electron chi connectivity index (χ1n) is 39.3. The fourth-order valence-electron chi connectivity index (χ4n) is 11.6. The Morgan fingerprint density at radius 3 is 0.716 bits per heavy atom. The normalized spacial score (nSPS) is 14.1. The molecule has 0 aromatic heterocycles. The van der Waals surface area contributed by atoms with Gasteiger partial charge in [-0.05, 0) is 43.4 Å². The van der Waals surface area contributed by atoms with Gasteiger partial charge in [-0.15, -0.1) is 0 Å². The summed E-state index contributed by atoms with van der Waals surface area (Å²) in [4.78, 5) is 72.8. The van der Waals surface area contributed by atoms with Gasteiger partial charge in [-0.1, -0.05) is 337 Å². The van der Waals surface area contributed by atoms with Gasteiger partial charge < -0.3 is 33.8 Å². The molecule has 17 nitrogen and oxygen atoms in total. The largest absolute Gasteiger partial charge is 0.472 e. The van der Waals surface area contributed by atoms with Gasteiger partial charge in [0.05, 0.1) is 26.4 Å². The highest BCUT2D eigenvalue weighted by Gasteiger charge is 2.30. The quantitative estimate of drug-likeness (QED) is 0.0222. The number of ether oxygens (including phenoxy) is 4. The first-order valence-corrected chi connectivity index (χ1v) is 42.3. The van der Waals surface area contributed by atoms with Crippen LogP contribution in [0.1, 0.15) is 389 Å². The van der Waals surface area contributed by atoms with Gasteiger partial charge in [0.15, 0.2) is 12.2 Å². The summed E-state index contributed by atoms with van der Waals surface area (Å²) in [6, 6.07) is 0. The van der Waals surface area contributed by atoms with E-state index in [2.05, 4.69) is 48.5 Å². The Kier molecular flexibility index (Phi) is 65.2. The van der Waals surface area contributed by atoms with Gasteiger partial charge in [0.1, 0.15) is 19.3 Å². The number of aliphatic hydroxyl groups is 1. The third kappa shape index (κ3) is 70.3. The van der Waals surface area contributed by atoms with E-state index >= 15 is 0 Å². The lowest BCUT2D eigenvalue weighted by atomic mass is 10.0. The molecule has 3 N–H and O–H groups in total. The average Bonchev–Trinajstić information content (AvgIpc) is 1.26. The van der Waals surface area contributed by atoms with Crippen LogP contribution in [0.5, 0.6) is 0 Å². The van der Waals surface area contributed by atoms with Crippen LogP contribution in [-0.2, 0) is 65.4 Å². The van der Waals surface area contributed by atoms with Crippen molar-refractivity contribution in [1.29, 1.82) is 0 Å². The number of esters is 4. The standard InChI is InChI=1S/C76H148O17P2/c1-8-9-10-11-12-13-14-15-16-17-18-21-25-30-37-45-52-59-75(80)92-71(63-86-73(78)57-50-43-36-29-24-22-19-20-23-27-33-40-47-54-67(2)3)65-90-94(82,83)88-61-70(77)62-89-95(84,85)91-66-72(64-87-74(79)58-51-44-39-32-35-42-49-56-69(6)7)93-76(81)60-53-46-38-31-26-28-34-41-48-55-68(4)5/h67-72,77H,8-66H2,1-7H3,(H,82,83)(H,84,85)/t70-,71-,72-/m1/s1. The molecule has 0 amide bonds. The maximum absolute atomic E-state index is 13.1. The molecule has 564 valence electrons. The molecule has 0 aromatic rings. The van der Waals surface area contributed by atoms with Crippen molar-refractivity contribution in [3.05, 3.63) is 0 Å². The smallest absolute Gasteiger partial charge is 0.462 e. The number of phosphoric ester groups is 2. The van der Waals surface area contributed by atoms with E-state index in [1.807, 2.05) is 0 Å². The highest BCUT2D eigenvalue weighted by molar-refractivity contribution is 7.47. The zero-order valence-corrected chi connectivity index (χ0v) is 63.9. The molecule has 0 aliphatic rings. The van der Waals surface area contributed by atoms with E-state index in [0.29, 0.717) is 31.6 Å². The van der Waals surface area contributed by atoms with Gasteiger partial charge in [0.2, 0.25) is 0 Å². The molecule has 0 saturated carbocycles. The van der Waals surface area contributed by atoms with Crippen LogP contribution in [0.2, 0.25) is 0 Å². The molecule has 0 bridgehead atoms. The summed E-state index contributed by atoms with van der Waals surface area (Å²) in [6.45, 7) is 11.8. The molecular formula is C76H148O17P2. The fraction of sp³-hybridized carbons (Fsp3) is 0.947. The second-order valence-electron chi connectivity index (χ2n) is 28.8. The minimum atomic E-state index is -4.96. The van der Waals surface area contributed by atoms with E-state index in [4.69, 9.17) is 37.0 Å². The number of hydrogen-bond donors (Lipinski definition) is 3. The molecule has 0 aliphatic carbocycles. The number of carbonyl (C=O) groups excluding carboxylic acids is 4. The molecule has 0 spiro atoms. The van der Waals surface area contributed by atoms with Crippen molar-refractivity contribution in [2.45, 2.75) is 407 Å². The highest BCUT2D eigenvalue weighted by Crippen LogP contribution is 2.45. The predicted molar refractivity (Wildman–Crippen MR) is 386 cm³/mol. The second-order valence-corrected chi connectivity index (χ2v) is 31.7. The predicted octanol–water partition coefficient (Wildman–Crippen LogP) is 22.2. The molecule has 2 unspecified atom stereocenters. The van der Waals surface area contributed by atoms with Crippen molar-refractivity contribution in [1.82, 2.24) is 0 Å². The van der Waals surface area contributed by atoms with E-state index in [1.54, 1.807) is 0 Å². The first kappa shape index (κ1) is 93.1. The van der Waals surface area contributed by atoms with Crippen LogP contribution in [-0.4, -0.2) is 96.7 Å². The average molecular weight is 1400 g/mol. The van der Waals surface area contributed by atoms with Gasteiger partial charge in [-0.25, -0.2) is 9.13 Å². The van der Waals surface area contributed by atoms with Gasteiger partial charge in [-0.3, -0.25) is 37.3 Å². The van der Waals surface area contributed by atoms with Gasteiger partial charge >= 0.3 is 39.5 Å². The first-order chi connectivity index (χ1) is 45.7. The Bertz CT molecular complexity index is 1850. The molecular weight excluding hydrogens is 1250 g/mol. The van der Waals surface area contributed by atoms with E-state index in [1.165, 1.54) is 193 Å². The monoisotopic (exact) mass is 1400 g/mol. The summed E-state index contributed by atoms with van der Waals surface area (Å²) in [5, 5.41) is 10.6. The summed E-state index contributed by atoms with van der Waals surface area (Å²) >= 11 is 0. The Balaban J connectivity index is 5.24. The number of carbonyl (C=O) groups is 4. The molecule has 0 saturated heterocycles. The third-order valence-corrected chi connectivity index (χ3v) is 19.5. The van der Waals surface area contributed by atoms with Crippen LogP contribution in [0.4, 0.5) is 0 Å². The summed E-state index contributed by atoms with van der Waals surface area (Å²) in [5.74, 6) is 0.114. The summed E-state index contributed by atoms with van der Waals surface area (Å²) < 4.78 is 68.5. The molecule has 0 radical (unpaired) electrons. The Labute approximate surface area is 581 Å². The molecule has 19 heteroatoms. The van der Waals surface area contributed by atoms with Crippen molar-refractivity contribution in [3.63, 3.8) is 0 Å². The number of unbranched alkanes of at least 4 members (excludes halogenated alkanes) is 42. The number of phosphoric acid groups is 2. The lowest BCUT2D eigenvalue weighted by Crippen LogP contribution is -2.30. The van der Waals surface area contributed by atoms with E-state index < -0.39 is 97.5 Å². The SMILES string of the molecule is CCCCCCCCCCCCCCCCCCCC(=O)O[C@H](COC(=O)CCCCCCCCCCCCCCCC(C)C)COP(=O)(O)OC[C@@H](O)COP(=O)(O)OC[C@@H](COC(=O)CCCCCCCCCC(C)C)OC(=O)CCCCCCCCCCCC(C)C. The molecule has 95 heavy (non-hydrogen) atoms. The van der Waals surface area contributed by atoms with Crippen molar-refractivity contribution < 1.29 is 80.2 Å². The van der Waals surface area contributed by atoms with Crippen LogP contribution in [0.3, 0.4) is 0 Å². The second kappa shape index (κ2) is 66.6. The van der Waals surface area contributed by atoms with E-state index in [9.17, 15) is 43.2 Å². The Morgan fingerprint density at radius 1 is 0.284 bits per heavy atom. The summed E-state index contributed by atoms with van der Waals surface area (Å²) in [6.07, 6.45) is 52.8. The highest BCUT2D eigenvalue weighted by atomic mass is 31.2. The zero-order chi connectivity index (χ0) is 70.1. The van der Waals surface area contributed by atoms with Crippen LogP contribution in [0.15, 0.2) is 0 Å². The molecule has 0 rings (SSSR count). The molecule has 0 heterocycles. The molecule has 0 aliphatic heterocycles. The molecule has 0 fully saturated rings. The van der Waals surface area contributed by atoms with Gasteiger partial charge in [0.25, 0.3) is 0 Å². The Morgan fingerprint density at radius 2 is 0.484 bits per heavy atom. The van der Waals surface area contributed by atoms with Crippen molar-refractivity contribution in [3.8, 4) is 0 Å². The number of rotatable bonds is 74. The van der Waals surface area contributed by atoms with Crippen molar-refractivity contribution in [2.75, 3.05) is 39.6 Å². The topological polar surface area (TPSA) is 237 Å². The van der Waals surface area contributed by atoms with Gasteiger partial charge in [-0.2, -0.15) is 0 Å². The summed E-state index contributed by atoms with van der Waals surface area (Å²) in [5.41, 5.74) is 0. The van der Waals surface area contributed by atoms with Crippen molar-refractivity contribution in [2.24, 2.45) is 17.8 Å². The van der Waals surface area contributed by atoms with E-state index in [0.717, 1.165) is 108 Å². The van der Waals surface area contributed by atoms with Crippen LogP contribution in [0.25, 0.3) is 0 Å². The lowest BCUT2D eigenvalue weighted by Gasteiger charge is -2.21. The summed E-state index contributed by atoms with van der Waals surface area (Å²) in [7, 11) is -9.91. The lowest BCUT2D eigenvalue weighted by molar-refractivity contribution is -0.161. The Hall–Kier alpha value is -1.94. The number of aliphatic hydroxyl groups excluding tert-OH is 1. The zero-order valence-electron chi connectivity index (χ0n) is 62.1. The third-order valence-electron chi connectivity index (χ3n) is 17.6. The molecule has 5 atom stereocenters.